The lowest BCUT2D eigenvalue weighted by atomic mass is 9.97. The SMILES string of the molecule is COc1ccc(OC)c(NC(=O)C2CCCN(c3ccc(-c4ccccc4)nn3)C2)c1. The molecule has 1 unspecified atom stereocenters. The van der Waals surface area contributed by atoms with Gasteiger partial charge in [0.1, 0.15) is 11.5 Å². The van der Waals surface area contributed by atoms with Gasteiger partial charge in [-0.1, -0.05) is 30.3 Å². The smallest absolute Gasteiger partial charge is 0.229 e. The van der Waals surface area contributed by atoms with Crippen LogP contribution in [-0.4, -0.2) is 43.4 Å². The van der Waals surface area contributed by atoms with Crippen LogP contribution in [0.2, 0.25) is 0 Å². The van der Waals surface area contributed by atoms with E-state index in [2.05, 4.69) is 20.4 Å². The molecule has 0 radical (unpaired) electrons. The molecule has 7 nitrogen and oxygen atoms in total. The third-order valence-corrected chi connectivity index (χ3v) is 5.50. The number of nitrogens with zero attached hydrogens (tertiary/aromatic N) is 3. The van der Waals surface area contributed by atoms with Crippen molar-refractivity contribution in [3.8, 4) is 22.8 Å². The van der Waals surface area contributed by atoms with Gasteiger partial charge in [-0.05, 0) is 37.1 Å². The second kappa shape index (κ2) is 9.47. The van der Waals surface area contributed by atoms with E-state index in [1.54, 1.807) is 32.4 Å². The van der Waals surface area contributed by atoms with Gasteiger partial charge in [0.05, 0.1) is 31.5 Å². The zero-order valence-electron chi connectivity index (χ0n) is 17.7. The summed E-state index contributed by atoms with van der Waals surface area (Å²) in [4.78, 5) is 15.1. The van der Waals surface area contributed by atoms with Gasteiger partial charge >= 0.3 is 0 Å². The Morgan fingerprint density at radius 2 is 1.87 bits per heavy atom. The highest BCUT2D eigenvalue weighted by atomic mass is 16.5. The molecule has 1 fully saturated rings. The number of ether oxygens (including phenoxy) is 2. The predicted molar refractivity (Wildman–Crippen MR) is 121 cm³/mol. The van der Waals surface area contributed by atoms with Crippen LogP contribution in [-0.2, 0) is 4.79 Å². The molecular formula is C24H26N4O3. The number of anilines is 2. The van der Waals surface area contributed by atoms with E-state index in [9.17, 15) is 4.79 Å². The number of piperidine rings is 1. The van der Waals surface area contributed by atoms with Crippen molar-refractivity contribution < 1.29 is 14.3 Å². The Labute approximate surface area is 182 Å². The molecule has 31 heavy (non-hydrogen) atoms. The first kappa shape index (κ1) is 20.7. The van der Waals surface area contributed by atoms with Crippen molar-refractivity contribution in [2.24, 2.45) is 5.92 Å². The number of amides is 1. The molecule has 0 aliphatic carbocycles. The van der Waals surface area contributed by atoms with Gasteiger partial charge in [0.2, 0.25) is 5.91 Å². The molecule has 1 aliphatic heterocycles. The van der Waals surface area contributed by atoms with E-state index in [0.29, 0.717) is 23.7 Å². The van der Waals surface area contributed by atoms with Crippen molar-refractivity contribution in [1.82, 2.24) is 10.2 Å². The number of carbonyl (C=O) groups is 1. The number of nitrogens with one attached hydrogen (secondary N) is 1. The average molecular weight is 418 g/mol. The molecule has 2 aromatic carbocycles. The highest BCUT2D eigenvalue weighted by Gasteiger charge is 2.27. The van der Waals surface area contributed by atoms with Crippen LogP contribution in [0.4, 0.5) is 11.5 Å². The molecular weight excluding hydrogens is 392 g/mol. The topological polar surface area (TPSA) is 76.6 Å². The first-order valence-electron chi connectivity index (χ1n) is 10.3. The van der Waals surface area contributed by atoms with E-state index in [1.165, 1.54) is 0 Å². The fourth-order valence-corrected chi connectivity index (χ4v) is 3.80. The minimum absolute atomic E-state index is 0.0369. The highest BCUT2D eigenvalue weighted by molar-refractivity contribution is 5.94. The second-order valence-electron chi connectivity index (χ2n) is 7.48. The van der Waals surface area contributed by atoms with Gasteiger partial charge in [-0.25, -0.2) is 0 Å². The lowest BCUT2D eigenvalue weighted by molar-refractivity contribution is -0.120. The summed E-state index contributed by atoms with van der Waals surface area (Å²) in [5, 5.41) is 11.8. The van der Waals surface area contributed by atoms with E-state index >= 15 is 0 Å². The van der Waals surface area contributed by atoms with Gasteiger partial charge in [0, 0.05) is 24.7 Å². The summed E-state index contributed by atoms with van der Waals surface area (Å²) >= 11 is 0. The highest BCUT2D eigenvalue weighted by Crippen LogP contribution is 2.30. The van der Waals surface area contributed by atoms with Crippen LogP contribution in [0.1, 0.15) is 12.8 Å². The summed E-state index contributed by atoms with van der Waals surface area (Å²) in [7, 11) is 3.17. The maximum atomic E-state index is 13.0. The zero-order valence-corrected chi connectivity index (χ0v) is 17.7. The van der Waals surface area contributed by atoms with Crippen molar-refractivity contribution in [2.75, 3.05) is 37.5 Å². The van der Waals surface area contributed by atoms with Crippen molar-refractivity contribution >= 4 is 17.4 Å². The lowest BCUT2D eigenvalue weighted by Crippen LogP contribution is -2.41. The van der Waals surface area contributed by atoms with Gasteiger partial charge in [0.25, 0.3) is 0 Å². The van der Waals surface area contributed by atoms with Crippen LogP contribution in [0.25, 0.3) is 11.3 Å². The molecule has 4 rings (SSSR count). The van der Waals surface area contributed by atoms with Crippen molar-refractivity contribution in [2.45, 2.75) is 12.8 Å². The molecule has 1 atom stereocenters. The summed E-state index contributed by atoms with van der Waals surface area (Å²) < 4.78 is 10.6. The molecule has 7 heteroatoms. The van der Waals surface area contributed by atoms with E-state index in [0.717, 1.165) is 36.5 Å². The molecule has 1 aromatic heterocycles. The van der Waals surface area contributed by atoms with Crippen LogP contribution >= 0.6 is 0 Å². The Bertz CT molecular complexity index is 1020. The van der Waals surface area contributed by atoms with Gasteiger partial charge in [-0.2, -0.15) is 0 Å². The quantitative estimate of drug-likeness (QED) is 0.652. The Hall–Kier alpha value is -3.61. The van der Waals surface area contributed by atoms with Crippen LogP contribution in [0.3, 0.4) is 0 Å². The molecule has 0 saturated carbocycles. The molecule has 2 heterocycles. The van der Waals surface area contributed by atoms with Crippen molar-refractivity contribution in [3.05, 3.63) is 60.7 Å². The Morgan fingerprint density at radius 3 is 2.58 bits per heavy atom. The van der Waals surface area contributed by atoms with Crippen molar-refractivity contribution in [3.63, 3.8) is 0 Å². The first-order valence-corrected chi connectivity index (χ1v) is 10.3. The third kappa shape index (κ3) is 4.77. The number of rotatable bonds is 6. The summed E-state index contributed by atoms with van der Waals surface area (Å²) in [5.74, 6) is 1.86. The zero-order chi connectivity index (χ0) is 21.6. The molecule has 0 spiro atoms. The molecule has 160 valence electrons. The first-order chi connectivity index (χ1) is 15.2. The van der Waals surface area contributed by atoms with Crippen LogP contribution in [0, 0.1) is 5.92 Å². The predicted octanol–water partition coefficient (Wildman–Crippen LogP) is 4.02. The standard InChI is InChI=1S/C24H26N4O3/c1-30-19-10-12-22(31-2)21(15-19)25-24(29)18-9-6-14-28(16-18)23-13-11-20(26-27-23)17-7-4-3-5-8-17/h3-5,7-8,10-13,15,18H,6,9,14,16H2,1-2H3,(H,25,29). The molecule has 1 N–H and O–H groups in total. The van der Waals surface area contributed by atoms with Gasteiger partial charge in [-0.3, -0.25) is 4.79 Å². The molecule has 1 amide bonds. The van der Waals surface area contributed by atoms with Crippen LogP contribution < -0.4 is 19.7 Å². The average Bonchev–Trinajstić information content (AvgIpc) is 2.84. The minimum atomic E-state index is -0.153. The monoisotopic (exact) mass is 418 g/mol. The Morgan fingerprint density at radius 1 is 1.03 bits per heavy atom. The Kier molecular flexibility index (Phi) is 6.31. The molecule has 3 aromatic rings. The normalized spacial score (nSPS) is 15.9. The number of hydrogen-bond acceptors (Lipinski definition) is 6. The number of benzene rings is 2. The summed E-state index contributed by atoms with van der Waals surface area (Å²) in [6, 6.07) is 19.3. The number of hydrogen-bond donors (Lipinski definition) is 1. The Balaban J connectivity index is 1.44. The van der Waals surface area contributed by atoms with E-state index in [4.69, 9.17) is 9.47 Å². The molecule has 1 aliphatic rings. The van der Waals surface area contributed by atoms with Gasteiger partial charge in [-0.15, -0.1) is 10.2 Å². The van der Waals surface area contributed by atoms with E-state index < -0.39 is 0 Å². The number of carbonyl (C=O) groups excluding carboxylic acids is 1. The molecule has 1 saturated heterocycles. The summed E-state index contributed by atoms with van der Waals surface area (Å²) in [6.45, 7) is 1.45. The largest absolute Gasteiger partial charge is 0.497 e. The maximum absolute atomic E-state index is 13.0. The lowest BCUT2D eigenvalue weighted by Gasteiger charge is -2.32. The third-order valence-electron chi connectivity index (χ3n) is 5.50. The van der Waals surface area contributed by atoms with E-state index in [1.807, 2.05) is 42.5 Å². The van der Waals surface area contributed by atoms with Gasteiger partial charge < -0.3 is 19.7 Å². The fraction of sp³-hybridized carbons (Fsp3) is 0.292. The summed E-state index contributed by atoms with van der Waals surface area (Å²) in [6.07, 6.45) is 1.74. The molecule has 0 bridgehead atoms. The maximum Gasteiger partial charge on any atom is 0.229 e. The van der Waals surface area contributed by atoms with E-state index in [-0.39, 0.29) is 11.8 Å². The second-order valence-corrected chi connectivity index (χ2v) is 7.48. The van der Waals surface area contributed by atoms with Crippen LogP contribution in [0.15, 0.2) is 60.7 Å². The minimum Gasteiger partial charge on any atom is -0.497 e. The van der Waals surface area contributed by atoms with Crippen LogP contribution in [0.5, 0.6) is 11.5 Å². The summed E-state index contributed by atoms with van der Waals surface area (Å²) in [5.41, 5.74) is 2.47. The number of aromatic nitrogens is 2. The fourth-order valence-electron chi connectivity index (χ4n) is 3.80. The number of methoxy groups -OCH3 is 2. The van der Waals surface area contributed by atoms with Gasteiger partial charge in [0.15, 0.2) is 5.82 Å². The van der Waals surface area contributed by atoms with Crippen molar-refractivity contribution in [1.29, 1.82) is 0 Å².